The van der Waals surface area contributed by atoms with E-state index in [4.69, 9.17) is 4.74 Å². The third kappa shape index (κ3) is 3.61. The van der Waals surface area contributed by atoms with Crippen molar-refractivity contribution in [3.63, 3.8) is 0 Å². The topological polar surface area (TPSA) is 21.3 Å². The first-order chi connectivity index (χ1) is 9.72. The van der Waals surface area contributed by atoms with Gasteiger partial charge in [0.15, 0.2) is 0 Å². The van der Waals surface area contributed by atoms with Crippen molar-refractivity contribution in [1.82, 2.24) is 5.32 Å². The summed E-state index contributed by atoms with van der Waals surface area (Å²) in [6, 6.07) is 18.9. The zero-order valence-electron chi connectivity index (χ0n) is 12.5. The van der Waals surface area contributed by atoms with E-state index < -0.39 is 0 Å². The average Bonchev–Trinajstić information content (AvgIpc) is 2.46. The molecule has 2 nitrogen and oxygen atoms in total. The molecule has 1 unspecified atom stereocenters. The lowest BCUT2D eigenvalue weighted by molar-refractivity contribution is 0.238. The van der Waals surface area contributed by atoms with Crippen molar-refractivity contribution in [2.45, 2.75) is 32.9 Å². The zero-order valence-corrected chi connectivity index (χ0v) is 12.5. The second kappa shape index (κ2) is 7.11. The van der Waals surface area contributed by atoms with Crippen LogP contribution in [0, 0.1) is 0 Å². The van der Waals surface area contributed by atoms with Crippen LogP contribution in [0.1, 0.15) is 37.9 Å². The Morgan fingerprint density at radius 3 is 2.25 bits per heavy atom. The van der Waals surface area contributed by atoms with Gasteiger partial charge in [-0.25, -0.2) is 0 Å². The first-order valence-electron chi connectivity index (χ1n) is 7.26. The van der Waals surface area contributed by atoms with Crippen molar-refractivity contribution < 1.29 is 4.74 Å². The normalized spacial score (nSPS) is 12.4. The van der Waals surface area contributed by atoms with Crippen LogP contribution in [0.25, 0.3) is 0 Å². The average molecular weight is 269 g/mol. The minimum Gasteiger partial charge on any atom is -0.491 e. The molecule has 0 aliphatic heterocycles. The molecular weight excluding hydrogens is 246 g/mol. The Hall–Kier alpha value is -1.80. The molecule has 1 atom stereocenters. The highest BCUT2D eigenvalue weighted by Gasteiger charge is 2.17. The van der Waals surface area contributed by atoms with E-state index in [1.807, 2.05) is 18.2 Å². The highest BCUT2D eigenvalue weighted by molar-refractivity contribution is 5.41. The smallest absolute Gasteiger partial charge is 0.124 e. The van der Waals surface area contributed by atoms with E-state index >= 15 is 0 Å². The molecule has 2 rings (SSSR count). The van der Waals surface area contributed by atoms with Gasteiger partial charge in [-0.15, -0.1) is 0 Å². The molecule has 0 aliphatic carbocycles. The standard InChI is InChI=1S/C18H23NO/c1-4-19-18(15-10-6-5-7-11-15)16-12-8-9-13-17(16)20-14(2)3/h5-14,18-19H,4H2,1-3H3. The largest absolute Gasteiger partial charge is 0.491 e. The Morgan fingerprint density at radius 2 is 1.60 bits per heavy atom. The Labute approximate surface area is 121 Å². The summed E-state index contributed by atoms with van der Waals surface area (Å²) in [6.07, 6.45) is 0.175. The van der Waals surface area contributed by atoms with Gasteiger partial charge in [0.05, 0.1) is 12.1 Å². The predicted molar refractivity (Wildman–Crippen MR) is 84.2 cm³/mol. The fourth-order valence-electron chi connectivity index (χ4n) is 2.34. The van der Waals surface area contributed by atoms with Crippen LogP contribution in [-0.4, -0.2) is 12.6 Å². The van der Waals surface area contributed by atoms with Gasteiger partial charge in [-0.1, -0.05) is 55.5 Å². The molecule has 0 radical (unpaired) electrons. The number of hydrogen-bond donors (Lipinski definition) is 1. The van der Waals surface area contributed by atoms with Gasteiger partial charge in [0.2, 0.25) is 0 Å². The second-order valence-electron chi connectivity index (χ2n) is 5.11. The van der Waals surface area contributed by atoms with E-state index in [1.54, 1.807) is 0 Å². The molecule has 0 saturated heterocycles. The maximum Gasteiger partial charge on any atom is 0.124 e. The summed E-state index contributed by atoms with van der Waals surface area (Å²) in [5.74, 6) is 0.956. The number of hydrogen-bond acceptors (Lipinski definition) is 2. The molecule has 0 saturated carbocycles. The summed E-state index contributed by atoms with van der Waals surface area (Å²) in [5.41, 5.74) is 2.45. The Kier molecular flexibility index (Phi) is 5.19. The third-order valence-corrected chi connectivity index (χ3v) is 3.13. The molecule has 20 heavy (non-hydrogen) atoms. The lowest BCUT2D eigenvalue weighted by atomic mass is 9.98. The van der Waals surface area contributed by atoms with Gasteiger partial charge in [-0.3, -0.25) is 0 Å². The van der Waals surface area contributed by atoms with E-state index in [0.29, 0.717) is 0 Å². The van der Waals surface area contributed by atoms with Crippen LogP contribution in [0.15, 0.2) is 54.6 Å². The van der Waals surface area contributed by atoms with Crippen LogP contribution in [0.4, 0.5) is 0 Å². The van der Waals surface area contributed by atoms with Gasteiger partial charge in [0, 0.05) is 5.56 Å². The van der Waals surface area contributed by atoms with E-state index in [9.17, 15) is 0 Å². The van der Waals surface area contributed by atoms with Crippen molar-refractivity contribution >= 4 is 0 Å². The monoisotopic (exact) mass is 269 g/mol. The molecule has 2 aromatic carbocycles. The maximum atomic E-state index is 5.95. The summed E-state index contributed by atoms with van der Waals surface area (Å²) < 4.78 is 5.95. The molecule has 0 amide bonds. The first-order valence-corrected chi connectivity index (χ1v) is 7.26. The molecule has 0 aromatic heterocycles. The number of benzene rings is 2. The summed E-state index contributed by atoms with van der Waals surface area (Å²) in [6.45, 7) is 7.15. The van der Waals surface area contributed by atoms with E-state index in [2.05, 4.69) is 62.5 Å². The molecule has 106 valence electrons. The summed E-state index contributed by atoms with van der Waals surface area (Å²) in [5, 5.41) is 3.55. The van der Waals surface area contributed by atoms with E-state index in [1.165, 1.54) is 11.1 Å². The quantitative estimate of drug-likeness (QED) is 0.849. The minimum absolute atomic E-state index is 0.163. The van der Waals surface area contributed by atoms with Gasteiger partial charge in [-0.05, 0) is 32.0 Å². The van der Waals surface area contributed by atoms with Crippen molar-refractivity contribution in [2.75, 3.05) is 6.54 Å². The van der Waals surface area contributed by atoms with E-state index in [0.717, 1.165) is 12.3 Å². The molecule has 1 N–H and O–H groups in total. The zero-order chi connectivity index (χ0) is 14.4. The van der Waals surface area contributed by atoms with E-state index in [-0.39, 0.29) is 12.1 Å². The predicted octanol–water partition coefficient (Wildman–Crippen LogP) is 4.17. The lowest BCUT2D eigenvalue weighted by Gasteiger charge is -2.23. The van der Waals surface area contributed by atoms with Crippen molar-refractivity contribution in [3.8, 4) is 5.75 Å². The van der Waals surface area contributed by atoms with Crippen LogP contribution < -0.4 is 10.1 Å². The molecule has 0 bridgehead atoms. The third-order valence-electron chi connectivity index (χ3n) is 3.13. The fourth-order valence-corrected chi connectivity index (χ4v) is 2.34. The fraction of sp³-hybridized carbons (Fsp3) is 0.333. The number of ether oxygens (including phenoxy) is 1. The van der Waals surface area contributed by atoms with Gasteiger partial charge >= 0.3 is 0 Å². The highest BCUT2D eigenvalue weighted by atomic mass is 16.5. The lowest BCUT2D eigenvalue weighted by Crippen LogP contribution is -2.23. The molecule has 0 aliphatic rings. The first kappa shape index (κ1) is 14.6. The minimum atomic E-state index is 0.163. The molecule has 0 heterocycles. The van der Waals surface area contributed by atoms with Crippen LogP contribution in [0.5, 0.6) is 5.75 Å². The number of rotatable bonds is 6. The van der Waals surface area contributed by atoms with Crippen LogP contribution >= 0.6 is 0 Å². The van der Waals surface area contributed by atoms with Gasteiger partial charge < -0.3 is 10.1 Å². The van der Waals surface area contributed by atoms with Crippen molar-refractivity contribution in [2.24, 2.45) is 0 Å². The SMILES string of the molecule is CCNC(c1ccccc1)c1ccccc1OC(C)C. The van der Waals surface area contributed by atoms with Gasteiger partial charge in [-0.2, -0.15) is 0 Å². The number of nitrogens with one attached hydrogen (secondary N) is 1. The molecule has 0 fully saturated rings. The second-order valence-corrected chi connectivity index (χ2v) is 5.11. The number of para-hydroxylation sites is 1. The molecule has 2 heteroatoms. The molecular formula is C18H23NO. The van der Waals surface area contributed by atoms with Crippen molar-refractivity contribution in [3.05, 3.63) is 65.7 Å². The molecule has 0 spiro atoms. The van der Waals surface area contributed by atoms with Crippen molar-refractivity contribution in [1.29, 1.82) is 0 Å². The van der Waals surface area contributed by atoms with Gasteiger partial charge in [0.1, 0.15) is 5.75 Å². The van der Waals surface area contributed by atoms with Gasteiger partial charge in [0.25, 0.3) is 0 Å². The summed E-state index contributed by atoms with van der Waals surface area (Å²) in [7, 11) is 0. The Bertz CT molecular complexity index is 522. The Morgan fingerprint density at radius 1 is 0.950 bits per heavy atom. The highest BCUT2D eigenvalue weighted by Crippen LogP contribution is 2.30. The summed E-state index contributed by atoms with van der Waals surface area (Å²) in [4.78, 5) is 0. The van der Waals surface area contributed by atoms with Crippen LogP contribution in [0.3, 0.4) is 0 Å². The Balaban J connectivity index is 2.39. The van der Waals surface area contributed by atoms with Crippen LogP contribution in [-0.2, 0) is 0 Å². The maximum absolute atomic E-state index is 5.95. The summed E-state index contributed by atoms with van der Waals surface area (Å²) >= 11 is 0. The van der Waals surface area contributed by atoms with Crippen LogP contribution in [0.2, 0.25) is 0 Å². The molecule has 2 aromatic rings.